The van der Waals surface area contributed by atoms with Crippen molar-refractivity contribution >= 4 is 21.8 Å². The first-order valence-electron chi connectivity index (χ1n) is 9.29. The van der Waals surface area contributed by atoms with Crippen molar-refractivity contribution in [1.82, 2.24) is 14.9 Å². The lowest BCUT2D eigenvalue weighted by Gasteiger charge is -2.23. The highest BCUT2D eigenvalue weighted by atomic mass is 32.2. The predicted octanol–water partition coefficient (Wildman–Crippen LogP) is 0.475. The summed E-state index contributed by atoms with van der Waals surface area (Å²) in [5.41, 5.74) is 0.856. The first-order valence-corrected chi connectivity index (χ1v) is 10.7. The largest absolute Gasteiger partial charge is 0.497 e. The van der Waals surface area contributed by atoms with E-state index >= 15 is 0 Å². The molecule has 2 amide bonds. The molecule has 2 aromatic carbocycles. The van der Waals surface area contributed by atoms with Gasteiger partial charge in [0.1, 0.15) is 12.0 Å². The van der Waals surface area contributed by atoms with Gasteiger partial charge in [0.25, 0.3) is 0 Å². The molecule has 2 N–H and O–H groups in total. The molecule has 1 saturated heterocycles. The second-order valence-electron chi connectivity index (χ2n) is 6.50. The van der Waals surface area contributed by atoms with Gasteiger partial charge in [0.15, 0.2) is 0 Å². The van der Waals surface area contributed by atoms with E-state index in [1.54, 1.807) is 12.1 Å². The highest BCUT2D eigenvalue weighted by molar-refractivity contribution is 7.89. The Bertz CT molecular complexity index is 979. The molecule has 0 unspecified atom stereocenters. The second kappa shape index (κ2) is 9.70. The Balaban J connectivity index is 1.56. The van der Waals surface area contributed by atoms with E-state index in [-0.39, 0.29) is 31.1 Å². The van der Waals surface area contributed by atoms with E-state index in [4.69, 9.17) is 9.47 Å². The minimum Gasteiger partial charge on any atom is -0.497 e. The molecule has 30 heavy (non-hydrogen) atoms. The molecule has 3 rings (SSSR count). The Labute approximate surface area is 175 Å². The van der Waals surface area contributed by atoms with Crippen LogP contribution in [0.5, 0.6) is 5.75 Å². The van der Waals surface area contributed by atoms with Crippen LogP contribution < -0.4 is 15.4 Å². The van der Waals surface area contributed by atoms with Gasteiger partial charge in [0.05, 0.1) is 25.2 Å². The molecule has 2 aromatic rings. The van der Waals surface area contributed by atoms with Crippen molar-refractivity contribution < 1.29 is 27.5 Å². The van der Waals surface area contributed by atoms with Crippen LogP contribution in [-0.4, -0.2) is 57.6 Å². The summed E-state index contributed by atoms with van der Waals surface area (Å²) in [6, 6.07) is 15.2. The quantitative estimate of drug-likeness (QED) is 0.614. The number of ether oxygens (including phenoxy) is 2. The Morgan fingerprint density at radius 3 is 2.40 bits per heavy atom. The molecule has 1 atom stereocenters. The molecule has 0 aliphatic carbocycles. The first-order chi connectivity index (χ1) is 14.4. The number of carbonyl (C=O) groups is 2. The number of rotatable bonds is 7. The molecule has 0 spiro atoms. The zero-order chi connectivity index (χ0) is 21.6. The van der Waals surface area contributed by atoms with E-state index in [2.05, 4.69) is 10.6 Å². The Morgan fingerprint density at radius 1 is 1.07 bits per heavy atom. The summed E-state index contributed by atoms with van der Waals surface area (Å²) in [5.74, 6) is -1.12. The Hall–Kier alpha value is -2.95. The van der Waals surface area contributed by atoms with Crippen molar-refractivity contribution in [2.24, 2.45) is 0 Å². The number of nitrogens with zero attached hydrogens (tertiary/aromatic N) is 1. The predicted molar refractivity (Wildman–Crippen MR) is 108 cm³/mol. The molecule has 0 saturated carbocycles. The van der Waals surface area contributed by atoms with Gasteiger partial charge in [-0.05, 0) is 29.8 Å². The van der Waals surface area contributed by atoms with Gasteiger partial charge in [0.2, 0.25) is 10.0 Å². The molecule has 0 bridgehead atoms. The summed E-state index contributed by atoms with van der Waals surface area (Å²) in [4.78, 5) is 24.1. The van der Waals surface area contributed by atoms with Crippen LogP contribution in [0.2, 0.25) is 0 Å². The number of sulfonamides is 1. The Kier molecular flexibility index (Phi) is 7.03. The van der Waals surface area contributed by atoms with Crippen LogP contribution in [-0.2, 0) is 30.9 Å². The fourth-order valence-corrected chi connectivity index (χ4v) is 4.45. The van der Waals surface area contributed by atoms with Gasteiger partial charge in [-0.25, -0.2) is 8.42 Å². The lowest BCUT2D eigenvalue weighted by molar-refractivity contribution is -0.139. The van der Waals surface area contributed by atoms with Crippen LogP contribution in [0.3, 0.4) is 0 Å². The summed E-state index contributed by atoms with van der Waals surface area (Å²) in [7, 11) is -2.33. The summed E-state index contributed by atoms with van der Waals surface area (Å²) in [6.45, 7) is 0.406. The highest BCUT2D eigenvalue weighted by Crippen LogP contribution is 2.23. The van der Waals surface area contributed by atoms with E-state index < -0.39 is 28.1 Å². The van der Waals surface area contributed by atoms with Crippen molar-refractivity contribution in [3.63, 3.8) is 0 Å². The number of benzene rings is 2. The van der Waals surface area contributed by atoms with Crippen LogP contribution in [0, 0.1) is 0 Å². The molecule has 0 radical (unpaired) electrons. The molecule has 9 nitrogen and oxygen atoms in total. The van der Waals surface area contributed by atoms with E-state index in [9.17, 15) is 18.0 Å². The van der Waals surface area contributed by atoms with E-state index in [1.807, 2.05) is 30.3 Å². The number of carbonyl (C=O) groups excluding carboxylic acids is 2. The smallest absolute Gasteiger partial charge is 0.309 e. The van der Waals surface area contributed by atoms with Crippen molar-refractivity contribution in [3.8, 4) is 5.75 Å². The van der Waals surface area contributed by atoms with Crippen LogP contribution in [0.1, 0.15) is 5.56 Å². The van der Waals surface area contributed by atoms with Crippen LogP contribution in [0.25, 0.3) is 0 Å². The third kappa shape index (κ3) is 5.15. The summed E-state index contributed by atoms with van der Waals surface area (Å²) < 4.78 is 37.5. The second-order valence-corrected chi connectivity index (χ2v) is 8.39. The van der Waals surface area contributed by atoms with Crippen molar-refractivity contribution in [2.75, 3.05) is 26.8 Å². The van der Waals surface area contributed by atoms with E-state index in [0.717, 1.165) is 9.87 Å². The monoisotopic (exact) mass is 433 g/mol. The zero-order valence-corrected chi connectivity index (χ0v) is 17.2. The average Bonchev–Trinajstić information content (AvgIpc) is 3.26. The van der Waals surface area contributed by atoms with Crippen LogP contribution >= 0.6 is 0 Å². The van der Waals surface area contributed by atoms with Gasteiger partial charge < -0.3 is 20.1 Å². The summed E-state index contributed by atoms with van der Waals surface area (Å²) in [6.07, 6.45) is -0.900. The number of hydrogen-bond acceptors (Lipinski definition) is 6. The Morgan fingerprint density at radius 2 is 1.73 bits per heavy atom. The van der Waals surface area contributed by atoms with Crippen LogP contribution in [0.4, 0.5) is 0 Å². The molecule has 1 fully saturated rings. The lowest BCUT2D eigenvalue weighted by Crippen LogP contribution is -2.47. The molecule has 1 aliphatic rings. The van der Waals surface area contributed by atoms with Crippen LogP contribution in [0.15, 0.2) is 59.5 Å². The number of nitrogens with one attached hydrogen (secondary N) is 2. The molecule has 10 heteroatoms. The maximum atomic E-state index is 12.9. The van der Waals surface area contributed by atoms with Gasteiger partial charge in [-0.3, -0.25) is 9.59 Å². The van der Waals surface area contributed by atoms with Gasteiger partial charge in [-0.1, -0.05) is 30.3 Å². The topological polar surface area (TPSA) is 114 Å². The minimum absolute atomic E-state index is 0.0886. The van der Waals surface area contributed by atoms with E-state index in [1.165, 1.54) is 19.2 Å². The van der Waals surface area contributed by atoms with Crippen molar-refractivity contribution in [3.05, 3.63) is 60.2 Å². The standard InChI is InChI=1S/C20H23N3O6S/c1-28-16-7-9-17(10-8-16)30(26,27)23-11-12-29-18(23)14-22-20(25)19(24)21-13-15-5-3-2-4-6-15/h2-10,18H,11-14H2,1H3,(H,21,24)(H,22,25)/t18-/m0/s1. The normalized spacial score (nSPS) is 16.8. The molecular weight excluding hydrogens is 410 g/mol. The number of amides is 2. The minimum atomic E-state index is -3.83. The SMILES string of the molecule is COc1ccc(S(=O)(=O)N2CCO[C@H]2CNC(=O)C(=O)NCc2ccccc2)cc1. The maximum absolute atomic E-state index is 12.9. The van der Waals surface area contributed by atoms with Gasteiger partial charge in [0, 0.05) is 13.1 Å². The molecule has 160 valence electrons. The first kappa shape index (κ1) is 21.8. The molecular formula is C20H23N3O6S. The lowest BCUT2D eigenvalue weighted by atomic mass is 10.2. The van der Waals surface area contributed by atoms with Crippen molar-refractivity contribution in [1.29, 1.82) is 0 Å². The van der Waals surface area contributed by atoms with E-state index in [0.29, 0.717) is 5.75 Å². The fraction of sp³-hybridized carbons (Fsp3) is 0.300. The van der Waals surface area contributed by atoms with Gasteiger partial charge >= 0.3 is 11.8 Å². The number of hydrogen-bond donors (Lipinski definition) is 2. The average molecular weight is 433 g/mol. The molecule has 1 aliphatic heterocycles. The fourth-order valence-electron chi connectivity index (χ4n) is 2.94. The maximum Gasteiger partial charge on any atom is 0.309 e. The molecule has 0 aromatic heterocycles. The number of methoxy groups -OCH3 is 1. The van der Waals surface area contributed by atoms with Crippen molar-refractivity contribution in [2.45, 2.75) is 17.7 Å². The van der Waals surface area contributed by atoms with Gasteiger partial charge in [-0.2, -0.15) is 4.31 Å². The third-order valence-corrected chi connectivity index (χ3v) is 6.45. The summed E-state index contributed by atoms with van der Waals surface area (Å²) >= 11 is 0. The summed E-state index contributed by atoms with van der Waals surface area (Å²) in [5, 5.41) is 4.95. The molecule has 1 heterocycles. The highest BCUT2D eigenvalue weighted by Gasteiger charge is 2.36. The third-order valence-electron chi connectivity index (χ3n) is 4.55. The zero-order valence-electron chi connectivity index (χ0n) is 16.4. The van der Waals surface area contributed by atoms with Gasteiger partial charge in [-0.15, -0.1) is 0 Å².